The smallest absolute Gasteiger partial charge is 0.246 e. The number of halogens is 1. The molecule has 0 unspecified atom stereocenters. The van der Waals surface area contributed by atoms with Crippen molar-refractivity contribution in [3.8, 4) is 0 Å². The predicted molar refractivity (Wildman–Crippen MR) is 72.6 cm³/mol. The van der Waals surface area contributed by atoms with E-state index in [1.54, 1.807) is 6.92 Å². The summed E-state index contributed by atoms with van der Waals surface area (Å²) in [6, 6.07) is 3.71. The van der Waals surface area contributed by atoms with Crippen molar-refractivity contribution in [3.63, 3.8) is 0 Å². The number of nitrogens with two attached hydrogens (primary N) is 1. The molecule has 0 atom stereocenters. The van der Waals surface area contributed by atoms with Gasteiger partial charge in [-0.2, -0.15) is 4.31 Å². The van der Waals surface area contributed by atoms with E-state index >= 15 is 0 Å². The molecule has 0 spiro atoms. The van der Waals surface area contributed by atoms with E-state index in [1.807, 2.05) is 0 Å². The van der Waals surface area contributed by atoms with Gasteiger partial charge in [-0.05, 0) is 31.0 Å². The summed E-state index contributed by atoms with van der Waals surface area (Å²) in [7, 11) is -3.78. The van der Waals surface area contributed by atoms with E-state index in [4.69, 9.17) is 5.73 Å². The lowest BCUT2D eigenvalue weighted by Gasteiger charge is -2.26. The maximum Gasteiger partial charge on any atom is 0.246 e. The molecule has 0 saturated heterocycles. The van der Waals surface area contributed by atoms with E-state index in [-0.39, 0.29) is 16.6 Å². The fourth-order valence-corrected chi connectivity index (χ4v) is 4.41. The Balaban J connectivity index is 2.39. The standard InChI is InChI=1S/C13H19FN2O2S/c1-2-16(11-5-3-4-6-11)19(17,18)13-8-7-10(15)9-12(13)14/h7-9,11H,2-6,15H2,1H3. The lowest BCUT2D eigenvalue weighted by molar-refractivity contribution is 0.334. The number of nitrogen functional groups attached to an aromatic ring is 1. The van der Waals surface area contributed by atoms with E-state index in [0.29, 0.717) is 6.54 Å². The van der Waals surface area contributed by atoms with Crippen LogP contribution >= 0.6 is 0 Å². The Hall–Kier alpha value is -1.14. The maximum atomic E-state index is 13.8. The Kier molecular flexibility index (Phi) is 4.10. The largest absolute Gasteiger partial charge is 0.399 e. The quantitative estimate of drug-likeness (QED) is 0.864. The average molecular weight is 286 g/mol. The minimum atomic E-state index is -3.78. The fraction of sp³-hybridized carbons (Fsp3) is 0.538. The van der Waals surface area contributed by atoms with Crippen molar-refractivity contribution in [2.24, 2.45) is 0 Å². The second kappa shape index (κ2) is 5.46. The van der Waals surface area contributed by atoms with Gasteiger partial charge in [0, 0.05) is 18.3 Å². The Morgan fingerprint density at radius 2 is 2.00 bits per heavy atom. The van der Waals surface area contributed by atoms with Crippen LogP contribution in [0.4, 0.5) is 10.1 Å². The first kappa shape index (κ1) is 14.3. The summed E-state index contributed by atoms with van der Waals surface area (Å²) >= 11 is 0. The third-order valence-corrected chi connectivity index (χ3v) is 5.65. The summed E-state index contributed by atoms with van der Waals surface area (Å²) in [4.78, 5) is -0.282. The number of benzene rings is 1. The van der Waals surface area contributed by atoms with E-state index in [2.05, 4.69) is 0 Å². The van der Waals surface area contributed by atoms with Crippen molar-refractivity contribution in [1.82, 2.24) is 4.31 Å². The van der Waals surface area contributed by atoms with Crippen molar-refractivity contribution < 1.29 is 12.8 Å². The van der Waals surface area contributed by atoms with Crippen LogP contribution in [-0.2, 0) is 10.0 Å². The van der Waals surface area contributed by atoms with Crippen LogP contribution in [0.25, 0.3) is 0 Å². The lowest BCUT2D eigenvalue weighted by atomic mass is 10.2. The van der Waals surface area contributed by atoms with Crippen LogP contribution in [0.15, 0.2) is 23.1 Å². The molecule has 1 aliphatic rings. The average Bonchev–Trinajstić information content (AvgIpc) is 2.82. The summed E-state index contributed by atoms with van der Waals surface area (Å²) in [5.41, 5.74) is 5.68. The van der Waals surface area contributed by atoms with Gasteiger partial charge < -0.3 is 5.73 Å². The van der Waals surface area contributed by atoms with Crippen LogP contribution in [0.5, 0.6) is 0 Å². The van der Waals surface area contributed by atoms with Gasteiger partial charge in [0.2, 0.25) is 10.0 Å². The first-order valence-corrected chi connectivity index (χ1v) is 7.97. The monoisotopic (exact) mass is 286 g/mol. The van der Waals surface area contributed by atoms with Crippen molar-refractivity contribution in [3.05, 3.63) is 24.0 Å². The number of hydrogen-bond acceptors (Lipinski definition) is 3. The first-order chi connectivity index (χ1) is 8.96. The molecule has 0 amide bonds. The topological polar surface area (TPSA) is 63.4 Å². The number of hydrogen-bond donors (Lipinski definition) is 1. The second-order valence-electron chi connectivity index (χ2n) is 4.84. The normalized spacial score (nSPS) is 17.2. The molecule has 0 heterocycles. The van der Waals surface area contributed by atoms with Crippen LogP contribution in [-0.4, -0.2) is 25.3 Å². The number of sulfonamides is 1. The summed E-state index contributed by atoms with van der Waals surface area (Å²) in [5, 5.41) is 0. The Labute approximate surface area is 113 Å². The molecule has 4 nitrogen and oxygen atoms in total. The van der Waals surface area contributed by atoms with Gasteiger partial charge in [-0.3, -0.25) is 0 Å². The van der Waals surface area contributed by atoms with Crippen molar-refractivity contribution in [2.45, 2.75) is 43.5 Å². The molecule has 106 valence electrons. The van der Waals surface area contributed by atoms with Gasteiger partial charge >= 0.3 is 0 Å². The molecule has 0 aliphatic heterocycles. The van der Waals surface area contributed by atoms with Crippen molar-refractivity contribution >= 4 is 15.7 Å². The maximum absolute atomic E-state index is 13.8. The fourth-order valence-electron chi connectivity index (χ4n) is 2.67. The van der Waals surface area contributed by atoms with Gasteiger partial charge in [-0.1, -0.05) is 19.8 Å². The summed E-state index contributed by atoms with van der Waals surface area (Å²) in [5.74, 6) is -0.781. The van der Waals surface area contributed by atoms with Gasteiger partial charge in [0.1, 0.15) is 10.7 Å². The van der Waals surface area contributed by atoms with Gasteiger partial charge in [0.05, 0.1) is 0 Å². The minimum Gasteiger partial charge on any atom is -0.399 e. The molecule has 2 rings (SSSR count). The van der Waals surface area contributed by atoms with Crippen LogP contribution in [0.3, 0.4) is 0 Å². The minimum absolute atomic E-state index is 0.00745. The first-order valence-electron chi connectivity index (χ1n) is 6.53. The van der Waals surface area contributed by atoms with E-state index < -0.39 is 15.8 Å². The van der Waals surface area contributed by atoms with Crippen LogP contribution in [0.2, 0.25) is 0 Å². The highest BCUT2D eigenvalue weighted by Crippen LogP contribution is 2.29. The van der Waals surface area contributed by atoms with Crippen LogP contribution in [0.1, 0.15) is 32.6 Å². The number of rotatable bonds is 4. The zero-order chi connectivity index (χ0) is 14.0. The second-order valence-corrected chi connectivity index (χ2v) is 6.70. The number of nitrogens with zero attached hydrogens (tertiary/aromatic N) is 1. The van der Waals surface area contributed by atoms with Gasteiger partial charge in [-0.15, -0.1) is 0 Å². The third-order valence-electron chi connectivity index (χ3n) is 3.59. The van der Waals surface area contributed by atoms with Crippen LogP contribution < -0.4 is 5.73 Å². The van der Waals surface area contributed by atoms with Gasteiger partial charge in [-0.25, -0.2) is 12.8 Å². The zero-order valence-electron chi connectivity index (χ0n) is 11.0. The SMILES string of the molecule is CCN(C1CCCC1)S(=O)(=O)c1ccc(N)cc1F. The predicted octanol–water partition coefficient (Wildman–Crippen LogP) is 2.36. The molecule has 6 heteroatoms. The molecule has 0 radical (unpaired) electrons. The summed E-state index contributed by atoms with van der Waals surface area (Å²) < 4.78 is 40.3. The Morgan fingerprint density at radius 3 is 2.53 bits per heavy atom. The van der Waals surface area contributed by atoms with E-state index in [9.17, 15) is 12.8 Å². The summed E-state index contributed by atoms with van der Waals surface area (Å²) in [6.45, 7) is 2.14. The summed E-state index contributed by atoms with van der Waals surface area (Å²) in [6.07, 6.45) is 3.76. The van der Waals surface area contributed by atoms with Crippen molar-refractivity contribution in [2.75, 3.05) is 12.3 Å². The van der Waals surface area contributed by atoms with E-state index in [1.165, 1.54) is 16.4 Å². The lowest BCUT2D eigenvalue weighted by Crippen LogP contribution is -2.38. The highest BCUT2D eigenvalue weighted by Gasteiger charge is 2.33. The Morgan fingerprint density at radius 1 is 1.37 bits per heavy atom. The molecule has 1 aromatic carbocycles. The molecule has 1 fully saturated rings. The molecule has 0 bridgehead atoms. The van der Waals surface area contributed by atoms with Crippen LogP contribution in [0, 0.1) is 5.82 Å². The third kappa shape index (κ3) is 2.74. The highest BCUT2D eigenvalue weighted by atomic mass is 32.2. The Bertz CT molecular complexity index is 554. The highest BCUT2D eigenvalue weighted by molar-refractivity contribution is 7.89. The molecule has 1 saturated carbocycles. The zero-order valence-corrected chi connectivity index (χ0v) is 11.8. The molecular weight excluding hydrogens is 267 g/mol. The van der Waals surface area contributed by atoms with Crippen molar-refractivity contribution in [1.29, 1.82) is 0 Å². The molecular formula is C13H19FN2O2S. The molecule has 1 aliphatic carbocycles. The molecule has 19 heavy (non-hydrogen) atoms. The van der Waals surface area contributed by atoms with Gasteiger partial charge in [0.25, 0.3) is 0 Å². The molecule has 2 N–H and O–H groups in total. The molecule has 0 aromatic heterocycles. The van der Waals surface area contributed by atoms with E-state index in [0.717, 1.165) is 31.7 Å². The molecule has 1 aromatic rings. The van der Waals surface area contributed by atoms with Gasteiger partial charge in [0.15, 0.2) is 0 Å². The number of anilines is 1.